The molecule has 7 heteroatoms. The van der Waals surface area contributed by atoms with E-state index in [1.807, 2.05) is 0 Å². The largest absolute Gasteiger partial charge is 0.354 e. The molecule has 4 rings (SSSR count). The van der Waals surface area contributed by atoms with Gasteiger partial charge in [-0.3, -0.25) is 14.5 Å². The first-order valence-electron chi connectivity index (χ1n) is 10.1. The number of rotatable bonds is 5. The summed E-state index contributed by atoms with van der Waals surface area (Å²) in [4.78, 5) is 28.1. The van der Waals surface area contributed by atoms with Crippen molar-refractivity contribution in [1.29, 1.82) is 0 Å². The van der Waals surface area contributed by atoms with Crippen LogP contribution in [-0.2, 0) is 9.59 Å². The molecule has 2 aliphatic heterocycles. The van der Waals surface area contributed by atoms with Crippen molar-refractivity contribution in [3.8, 4) is 0 Å². The van der Waals surface area contributed by atoms with Gasteiger partial charge in [-0.2, -0.15) is 0 Å². The lowest BCUT2D eigenvalue weighted by Crippen LogP contribution is -2.64. The minimum atomic E-state index is -2.83. The lowest BCUT2D eigenvalue weighted by molar-refractivity contribution is -0.141. The van der Waals surface area contributed by atoms with Gasteiger partial charge in [0.2, 0.25) is 11.8 Å². The van der Waals surface area contributed by atoms with E-state index in [0.29, 0.717) is 25.6 Å². The summed E-state index contributed by atoms with van der Waals surface area (Å²) in [5.41, 5.74) is 0. The Balaban J connectivity index is 1.31. The van der Waals surface area contributed by atoms with Crippen molar-refractivity contribution in [3.63, 3.8) is 0 Å². The number of hydrogen-bond donors (Lipinski definition) is 1. The average Bonchev–Trinajstić information content (AvgIpc) is 3.37. The lowest BCUT2D eigenvalue weighted by atomic mass is 9.89. The van der Waals surface area contributed by atoms with E-state index in [4.69, 9.17) is 0 Å². The van der Waals surface area contributed by atoms with Gasteiger partial charge in [0.15, 0.2) is 0 Å². The van der Waals surface area contributed by atoms with Gasteiger partial charge in [0.1, 0.15) is 0 Å². The summed E-state index contributed by atoms with van der Waals surface area (Å²) in [5, 5.41) is 2.93. The van der Waals surface area contributed by atoms with Crippen LogP contribution >= 0.6 is 0 Å². The Bertz CT molecular complexity index is 555. The zero-order chi connectivity index (χ0) is 18.3. The molecule has 2 amide bonds. The van der Waals surface area contributed by atoms with Crippen LogP contribution in [-0.4, -0.2) is 65.8 Å². The number of halogens is 2. The number of carbonyl (C=O) groups is 2. The van der Waals surface area contributed by atoms with Crippen LogP contribution in [0.1, 0.15) is 51.4 Å². The SMILES string of the molecule is O=C(NCC1CCCCC1)[C@@H]1CC(F)(F)CN1C1CN(C(=O)C2CC2)C1. The monoisotopic (exact) mass is 369 g/mol. The van der Waals surface area contributed by atoms with Crippen LogP contribution in [0, 0.1) is 11.8 Å². The second kappa shape index (κ2) is 7.06. The zero-order valence-corrected chi connectivity index (χ0v) is 15.3. The predicted octanol–water partition coefficient (Wildman–Crippen LogP) is 2.01. The number of likely N-dealkylation sites (tertiary alicyclic amines) is 2. The first-order valence-corrected chi connectivity index (χ1v) is 10.1. The van der Waals surface area contributed by atoms with Crippen molar-refractivity contribution in [1.82, 2.24) is 15.1 Å². The molecule has 5 nitrogen and oxygen atoms in total. The van der Waals surface area contributed by atoms with Crippen LogP contribution in [0.3, 0.4) is 0 Å². The third-order valence-electron chi connectivity index (χ3n) is 6.47. The van der Waals surface area contributed by atoms with E-state index < -0.39 is 18.4 Å². The number of alkyl halides is 2. The number of carbonyl (C=O) groups excluding carboxylic acids is 2. The second-order valence-electron chi connectivity index (χ2n) is 8.67. The fourth-order valence-corrected chi connectivity index (χ4v) is 4.66. The molecule has 0 aromatic carbocycles. The highest BCUT2D eigenvalue weighted by atomic mass is 19.3. The van der Waals surface area contributed by atoms with Gasteiger partial charge < -0.3 is 10.2 Å². The molecule has 0 aromatic rings. The zero-order valence-electron chi connectivity index (χ0n) is 15.3. The summed E-state index contributed by atoms with van der Waals surface area (Å²) < 4.78 is 28.0. The van der Waals surface area contributed by atoms with E-state index in [9.17, 15) is 18.4 Å². The maximum Gasteiger partial charge on any atom is 0.262 e. The van der Waals surface area contributed by atoms with Crippen LogP contribution in [0.5, 0.6) is 0 Å². The number of nitrogens with zero attached hydrogens (tertiary/aromatic N) is 2. The van der Waals surface area contributed by atoms with E-state index in [1.165, 1.54) is 19.3 Å². The predicted molar refractivity (Wildman–Crippen MR) is 92.7 cm³/mol. The standard InChI is InChI=1S/C19H29F2N3O2/c20-19(21)8-16(17(25)22-9-13-4-2-1-3-5-13)24(12-19)15-10-23(11-15)18(26)14-6-7-14/h13-16H,1-12H2,(H,22,25)/t16-/m0/s1. The van der Waals surface area contributed by atoms with E-state index in [1.54, 1.807) is 9.80 Å². The van der Waals surface area contributed by atoms with Gasteiger partial charge in [0.05, 0.1) is 12.6 Å². The molecule has 4 fully saturated rings. The molecule has 0 spiro atoms. The van der Waals surface area contributed by atoms with Crippen LogP contribution in [0.2, 0.25) is 0 Å². The van der Waals surface area contributed by atoms with Gasteiger partial charge >= 0.3 is 0 Å². The summed E-state index contributed by atoms with van der Waals surface area (Å²) in [7, 11) is 0. The molecule has 4 aliphatic rings. The molecule has 0 aromatic heterocycles. The van der Waals surface area contributed by atoms with Crippen molar-refractivity contribution >= 4 is 11.8 Å². The van der Waals surface area contributed by atoms with Crippen molar-refractivity contribution in [3.05, 3.63) is 0 Å². The molecule has 146 valence electrons. The minimum Gasteiger partial charge on any atom is -0.354 e. The van der Waals surface area contributed by atoms with Gasteiger partial charge in [0, 0.05) is 38.0 Å². The van der Waals surface area contributed by atoms with Gasteiger partial charge in [-0.1, -0.05) is 19.3 Å². The average molecular weight is 369 g/mol. The maximum atomic E-state index is 14.0. The van der Waals surface area contributed by atoms with Gasteiger partial charge in [-0.05, 0) is 31.6 Å². The molecule has 0 bridgehead atoms. The smallest absolute Gasteiger partial charge is 0.262 e. The Morgan fingerprint density at radius 1 is 1.04 bits per heavy atom. The lowest BCUT2D eigenvalue weighted by Gasteiger charge is -2.45. The molecule has 2 saturated heterocycles. The molecule has 0 radical (unpaired) electrons. The summed E-state index contributed by atoms with van der Waals surface area (Å²) in [5.74, 6) is -2.29. The van der Waals surface area contributed by atoms with E-state index in [2.05, 4.69) is 5.32 Å². The Labute approximate surface area is 153 Å². The third-order valence-corrected chi connectivity index (χ3v) is 6.47. The summed E-state index contributed by atoms with van der Waals surface area (Å²) in [6.07, 6.45) is 7.38. The molecule has 2 aliphatic carbocycles. The Morgan fingerprint density at radius 2 is 1.73 bits per heavy atom. The Hall–Kier alpha value is -1.24. The van der Waals surface area contributed by atoms with Crippen LogP contribution in [0.15, 0.2) is 0 Å². The first kappa shape index (κ1) is 18.1. The number of hydrogen-bond acceptors (Lipinski definition) is 3. The highest BCUT2D eigenvalue weighted by Crippen LogP contribution is 2.37. The topological polar surface area (TPSA) is 52.7 Å². The van der Waals surface area contributed by atoms with Crippen LogP contribution in [0.25, 0.3) is 0 Å². The molecular weight excluding hydrogens is 340 g/mol. The molecule has 2 saturated carbocycles. The van der Waals surface area contributed by atoms with Crippen molar-refractivity contribution in [2.24, 2.45) is 11.8 Å². The number of nitrogens with one attached hydrogen (secondary N) is 1. The van der Waals surface area contributed by atoms with Crippen LogP contribution < -0.4 is 5.32 Å². The highest BCUT2D eigenvalue weighted by molar-refractivity contribution is 5.83. The van der Waals surface area contributed by atoms with Crippen LogP contribution in [0.4, 0.5) is 8.78 Å². The van der Waals surface area contributed by atoms with E-state index >= 15 is 0 Å². The Morgan fingerprint density at radius 3 is 2.38 bits per heavy atom. The van der Waals surface area contributed by atoms with Crippen molar-refractivity contribution < 1.29 is 18.4 Å². The summed E-state index contributed by atoms with van der Waals surface area (Å²) in [6, 6.07) is -0.881. The minimum absolute atomic E-state index is 0.114. The summed E-state index contributed by atoms with van der Waals surface area (Å²) >= 11 is 0. The summed E-state index contributed by atoms with van der Waals surface area (Å²) in [6.45, 7) is 1.20. The fraction of sp³-hybridized carbons (Fsp3) is 0.895. The van der Waals surface area contributed by atoms with E-state index in [-0.39, 0.29) is 30.3 Å². The van der Waals surface area contributed by atoms with Gasteiger partial charge in [0.25, 0.3) is 5.92 Å². The molecule has 1 atom stereocenters. The van der Waals surface area contributed by atoms with Crippen molar-refractivity contribution in [2.45, 2.75) is 69.4 Å². The molecule has 2 heterocycles. The van der Waals surface area contributed by atoms with E-state index in [0.717, 1.165) is 25.7 Å². The molecule has 26 heavy (non-hydrogen) atoms. The first-order chi connectivity index (χ1) is 12.4. The maximum absolute atomic E-state index is 14.0. The third kappa shape index (κ3) is 3.87. The molecular formula is C19H29F2N3O2. The van der Waals surface area contributed by atoms with Gasteiger partial charge in [-0.25, -0.2) is 8.78 Å². The Kier molecular flexibility index (Phi) is 4.92. The normalized spacial score (nSPS) is 30.2. The molecule has 1 N–H and O–H groups in total. The second-order valence-corrected chi connectivity index (χ2v) is 8.67. The number of amides is 2. The van der Waals surface area contributed by atoms with Crippen molar-refractivity contribution in [2.75, 3.05) is 26.2 Å². The molecule has 0 unspecified atom stereocenters. The highest BCUT2D eigenvalue weighted by Gasteiger charge is 2.53. The quantitative estimate of drug-likeness (QED) is 0.807. The van der Waals surface area contributed by atoms with Gasteiger partial charge in [-0.15, -0.1) is 0 Å². The fourth-order valence-electron chi connectivity index (χ4n) is 4.66.